The third-order valence-corrected chi connectivity index (χ3v) is 2.46. The van der Waals surface area contributed by atoms with Gasteiger partial charge in [0, 0.05) is 23.9 Å². The molecule has 4 heteroatoms. The maximum atomic E-state index is 10.4. The standard InChI is InChI=1S/C9H17NO2S/c1-7(9(11)12)4-5-10-8(2)6-13-3/h4,8,10H,5-6H2,1-3H3,(H,11,12)/b7-4-. The first-order chi connectivity index (χ1) is 6.07. The van der Waals surface area contributed by atoms with Gasteiger partial charge in [-0.25, -0.2) is 4.79 Å². The lowest BCUT2D eigenvalue weighted by atomic mass is 10.3. The molecule has 0 aromatic carbocycles. The number of hydrogen-bond donors (Lipinski definition) is 2. The minimum atomic E-state index is -0.848. The van der Waals surface area contributed by atoms with Crippen LogP contribution in [-0.4, -0.2) is 35.7 Å². The molecule has 0 heterocycles. The summed E-state index contributed by atoms with van der Waals surface area (Å²) in [7, 11) is 0. The molecule has 0 radical (unpaired) electrons. The summed E-state index contributed by atoms with van der Waals surface area (Å²) in [6.07, 6.45) is 3.75. The maximum absolute atomic E-state index is 10.4. The predicted octanol–water partition coefficient (Wildman–Crippen LogP) is 1.36. The Morgan fingerprint density at radius 1 is 1.69 bits per heavy atom. The number of thioether (sulfide) groups is 1. The molecule has 0 saturated carbocycles. The third kappa shape index (κ3) is 6.66. The number of carboxylic acids is 1. The van der Waals surface area contributed by atoms with Crippen molar-refractivity contribution in [3.63, 3.8) is 0 Å². The molecule has 2 N–H and O–H groups in total. The van der Waals surface area contributed by atoms with Crippen LogP contribution in [0.15, 0.2) is 11.6 Å². The Morgan fingerprint density at radius 2 is 2.31 bits per heavy atom. The first-order valence-corrected chi connectivity index (χ1v) is 5.59. The van der Waals surface area contributed by atoms with Gasteiger partial charge in [0.2, 0.25) is 0 Å². The molecule has 0 aliphatic carbocycles. The van der Waals surface area contributed by atoms with Crippen LogP contribution in [0.25, 0.3) is 0 Å². The Balaban J connectivity index is 3.65. The molecule has 76 valence electrons. The Labute approximate surface area is 83.6 Å². The van der Waals surface area contributed by atoms with Gasteiger partial charge in [-0.05, 0) is 20.1 Å². The highest BCUT2D eigenvalue weighted by molar-refractivity contribution is 7.98. The van der Waals surface area contributed by atoms with E-state index in [1.807, 2.05) is 0 Å². The Morgan fingerprint density at radius 3 is 2.77 bits per heavy atom. The maximum Gasteiger partial charge on any atom is 0.330 e. The molecule has 0 rings (SSSR count). The predicted molar refractivity (Wildman–Crippen MR) is 57.2 cm³/mol. The summed E-state index contributed by atoms with van der Waals surface area (Å²) in [6.45, 7) is 4.31. The zero-order chi connectivity index (χ0) is 10.3. The van der Waals surface area contributed by atoms with E-state index < -0.39 is 5.97 Å². The molecule has 0 spiro atoms. The molecule has 0 aliphatic heterocycles. The van der Waals surface area contributed by atoms with Crippen LogP contribution in [0.3, 0.4) is 0 Å². The Hall–Kier alpha value is -0.480. The van der Waals surface area contributed by atoms with Crippen LogP contribution in [0.5, 0.6) is 0 Å². The molecule has 0 saturated heterocycles. The molecule has 0 fully saturated rings. The van der Waals surface area contributed by atoms with Crippen LogP contribution >= 0.6 is 11.8 Å². The van der Waals surface area contributed by atoms with Gasteiger partial charge >= 0.3 is 5.97 Å². The van der Waals surface area contributed by atoms with Gasteiger partial charge in [0.1, 0.15) is 0 Å². The smallest absolute Gasteiger partial charge is 0.330 e. The molecule has 0 aromatic rings. The average Bonchev–Trinajstić information content (AvgIpc) is 2.04. The van der Waals surface area contributed by atoms with Gasteiger partial charge in [0.25, 0.3) is 0 Å². The van der Waals surface area contributed by atoms with Crippen molar-refractivity contribution in [2.45, 2.75) is 19.9 Å². The molecular weight excluding hydrogens is 186 g/mol. The number of nitrogens with one attached hydrogen (secondary N) is 1. The van der Waals surface area contributed by atoms with Crippen LogP contribution in [0, 0.1) is 0 Å². The van der Waals surface area contributed by atoms with Gasteiger partial charge in [-0.3, -0.25) is 0 Å². The summed E-state index contributed by atoms with van der Waals surface area (Å²) >= 11 is 1.78. The molecule has 0 bridgehead atoms. The van der Waals surface area contributed by atoms with Gasteiger partial charge in [-0.1, -0.05) is 6.08 Å². The fraction of sp³-hybridized carbons (Fsp3) is 0.667. The van der Waals surface area contributed by atoms with Crippen molar-refractivity contribution in [2.75, 3.05) is 18.6 Å². The van der Waals surface area contributed by atoms with Crippen LogP contribution in [0.1, 0.15) is 13.8 Å². The normalized spacial score (nSPS) is 14.2. The first-order valence-electron chi connectivity index (χ1n) is 4.20. The molecule has 0 aromatic heterocycles. The Kier molecular flexibility index (Phi) is 6.72. The van der Waals surface area contributed by atoms with E-state index in [0.717, 1.165) is 5.75 Å². The van der Waals surface area contributed by atoms with E-state index in [1.54, 1.807) is 24.8 Å². The minimum Gasteiger partial charge on any atom is -0.478 e. The zero-order valence-electron chi connectivity index (χ0n) is 8.33. The second-order valence-electron chi connectivity index (χ2n) is 2.96. The first kappa shape index (κ1) is 12.5. The highest BCUT2D eigenvalue weighted by Crippen LogP contribution is 1.96. The van der Waals surface area contributed by atoms with E-state index in [0.29, 0.717) is 18.2 Å². The van der Waals surface area contributed by atoms with Crippen molar-refractivity contribution in [1.82, 2.24) is 5.32 Å². The second-order valence-corrected chi connectivity index (χ2v) is 3.87. The van der Waals surface area contributed by atoms with Gasteiger partial charge in [-0.15, -0.1) is 0 Å². The molecule has 3 nitrogen and oxygen atoms in total. The third-order valence-electron chi connectivity index (χ3n) is 1.63. The lowest BCUT2D eigenvalue weighted by molar-refractivity contribution is -0.132. The molecule has 0 aliphatic rings. The number of carboxylic acid groups (broad SMARTS) is 1. The van der Waals surface area contributed by atoms with Gasteiger partial charge in [0.15, 0.2) is 0 Å². The lowest BCUT2D eigenvalue weighted by Crippen LogP contribution is -2.28. The van der Waals surface area contributed by atoms with Crippen LogP contribution < -0.4 is 5.32 Å². The largest absolute Gasteiger partial charge is 0.478 e. The summed E-state index contributed by atoms with van der Waals surface area (Å²) < 4.78 is 0. The summed E-state index contributed by atoms with van der Waals surface area (Å²) in [5.41, 5.74) is 0.392. The monoisotopic (exact) mass is 203 g/mol. The summed E-state index contributed by atoms with van der Waals surface area (Å²) in [5.74, 6) is 0.194. The van der Waals surface area contributed by atoms with Crippen molar-refractivity contribution in [1.29, 1.82) is 0 Å². The van der Waals surface area contributed by atoms with Crippen LogP contribution in [0.4, 0.5) is 0 Å². The van der Waals surface area contributed by atoms with Gasteiger partial charge < -0.3 is 10.4 Å². The molecule has 0 amide bonds. The SMILES string of the molecule is CSCC(C)NC/C=C(/C)C(=O)O. The number of hydrogen-bond acceptors (Lipinski definition) is 3. The average molecular weight is 203 g/mol. The highest BCUT2D eigenvalue weighted by atomic mass is 32.2. The molecule has 13 heavy (non-hydrogen) atoms. The van der Waals surface area contributed by atoms with Crippen LogP contribution in [0.2, 0.25) is 0 Å². The fourth-order valence-corrected chi connectivity index (χ4v) is 1.43. The number of carbonyl (C=O) groups is 1. The summed E-state index contributed by atoms with van der Waals surface area (Å²) in [6, 6.07) is 0.424. The number of aliphatic carboxylic acids is 1. The quantitative estimate of drug-likeness (QED) is 0.640. The van der Waals surface area contributed by atoms with Crippen molar-refractivity contribution in [3.8, 4) is 0 Å². The van der Waals surface area contributed by atoms with E-state index in [2.05, 4.69) is 18.5 Å². The van der Waals surface area contributed by atoms with Crippen molar-refractivity contribution >= 4 is 17.7 Å². The highest BCUT2D eigenvalue weighted by Gasteiger charge is 2.00. The molecule has 1 atom stereocenters. The van der Waals surface area contributed by atoms with E-state index >= 15 is 0 Å². The van der Waals surface area contributed by atoms with E-state index in [4.69, 9.17) is 5.11 Å². The zero-order valence-corrected chi connectivity index (χ0v) is 9.15. The summed E-state index contributed by atoms with van der Waals surface area (Å²) in [4.78, 5) is 10.4. The lowest BCUT2D eigenvalue weighted by Gasteiger charge is -2.09. The van der Waals surface area contributed by atoms with E-state index in [9.17, 15) is 4.79 Å². The van der Waals surface area contributed by atoms with Crippen LogP contribution in [-0.2, 0) is 4.79 Å². The van der Waals surface area contributed by atoms with E-state index in [1.165, 1.54) is 0 Å². The number of rotatable bonds is 6. The van der Waals surface area contributed by atoms with Crippen molar-refractivity contribution in [2.24, 2.45) is 0 Å². The fourth-order valence-electron chi connectivity index (χ4n) is 0.809. The van der Waals surface area contributed by atoms with Crippen molar-refractivity contribution in [3.05, 3.63) is 11.6 Å². The Bertz CT molecular complexity index is 192. The molecular formula is C9H17NO2S. The summed E-state index contributed by atoms with van der Waals surface area (Å²) in [5, 5.41) is 11.8. The van der Waals surface area contributed by atoms with Gasteiger partial charge in [0.05, 0.1) is 0 Å². The van der Waals surface area contributed by atoms with E-state index in [-0.39, 0.29) is 0 Å². The molecule has 1 unspecified atom stereocenters. The minimum absolute atomic E-state index is 0.392. The second kappa shape index (κ2) is 6.97. The van der Waals surface area contributed by atoms with Gasteiger partial charge in [-0.2, -0.15) is 11.8 Å². The van der Waals surface area contributed by atoms with Crippen molar-refractivity contribution < 1.29 is 9.90 Å². The topological polar surface area (TPSA) is 49.3 Å².